The molecule has 1 aromatic carbocycles. The van der Waals surface area contributed by atoms with Gasteiger partial charge in [0.25, 0.3) is 0 Å². The van der Waals surface area contributed by atoms with Gasteiger partial charge in [-0.05, 0) is 46.5 Å². The zero-order valence-electron chi connectivity index (χ0n) is 8.50. The average molecular weight is 268 g/mol. The van der Waals surface area contributed by atoms with Crippen molar-refractivity contribution in [3.05, 3.63) is 28.2 Å². The fraction of sp³-hybridized carbons (Fsp3) is 0.417. The summed E-state index contributed by atoms with van der Waals surface area (Å²) in [7, 11) is 0. The number of nitrogens with two attached hydrogens (primary N) is 1. The highest BCUT2D eigenvalue weighted by Gasteiger charge is 2.22. The number of ketones is 1. The van der Waals surface area contributed by atoms with Crippen molar-refractivity contribution in [3.63, 3.8) is 0 Å². The molecule has 0 bridgehead atoms. The lowest BCUT2D eigenvalue weighted by Gasteiger charge is -2.03. The fourth-order valence-corrected chi connectivity index (χ4v) is 1.97. The summed E-state index contributed by atoms with van der Waals surface area (Å²) in [6, 6.07) is 5.38. The maximum Gasteiger partial charge on any atom is 0.162 e. The summed E-state index contributed by atoms with van der Waals surface area (Å²) >= 11 is 3.33. The molecule has 2 nitrogen and oxygen atoms in total. The van der Waals surface area contributed by atoms with Crippen molar-refractivity contribution in [1.29, 1.82) is 0 Å². The lowest BCUT2D eigenvalue weighted by molar-refractivity contribution is 0.0978. The molecule has 1 aromatic rings. The molecule has 80 valence electrons. The zero-order chi connectivity index (χ0) is 10.8. The van der Waals surface area contributed by atoms with Crippen LogP contribution in [-0.4, -0.2) is 5.78 Å². The second-order valence-corrected chi connectivity index (χ2v) is 5.00. The first-order valence-corrected chi connectivity index (χ1v) is 6.04. The Morgan fingerprint density at radius 2 is 2.20 bits per heavy atom. The van der Waals surface area contributed by atoms with Gasteiger partial charge < -0.3 is 5.73 Å². The summed E-state index contributed by atoms with van der Waals surface area (Å²) in [6.07, 6.45) is 4.32. The maximum absolute atomic E-state index is 11.8. The maximum atomic E-state index is 11.8. The number of anilines is 1. The first-order valence-electron chi connectivity index (χ1n) is 5.25. The molecule has 15 heavy (non-hydrogen) atoms. The molecule has 1 saturated carbocycles. The normalized spacial score (nSPS) is 15.3. The Hall–Kier alpha value is -0.830. The van der Waals surface area contributed by atoms with Crippen LogP contribution in [0.25, 0.3) is 0 Å². The van der Waals surface area contributed by atoms with Crippen molar-refractivity contribution in [2.75, 3.05) is 5.73 Å². The van der Waals surface area contributed by atoms with Gasteiger partial charge in [-0.15, -0.1) is 0 Å². The van der Waals surface area contributed by atoms with E-state index in [2.05, 4.69) is 15.9 Å². The molecular formula is C12H14BrNO. The summed E-state index contributed by atoms with van der Waals surface area (Å²) in [5.74, 6) is 1.04. The van der Waals surface area contributed by atoms with E-state index in [1.54, 1.807) is 12.1 Å². The number of carbonyl (C=O) groups excluding carboxylic acids is 1. The number of benzene rings is 1. The number of Topliss-reactive ketones (excluding diaryl/α,β-unsaturated/α-hetero) is 1. The first-order chi connectivity index (χ1) is 7.16. The molecule has 0 saturated heterocycles. The molecule has 0 spiro atoms. The Kier molecular flexibility index (Phi) is 3.10. The molecule has 1 aliphatic carbocycles. The zero-order valence-corrected chi connectivity index (χ0v) is 10.1. The van der Waals surface area contributed by atoms with Crippen LogP contribution in [-0.2, 0) is 0 Å². The van der Waals surface area contributed by atoms with Gasteiger partial charge in [0.2, 0.25) is 0 Å². The Balaban J connectivity index is 2.00. The van der Waals surface area contributed by atoms with E-state index in [1.165, 1.54) is 12.8 Å². The summed E-state index contributed by atoms with van der Waals surface area (Å²) in [5, 5.41) is 0. The second kappa shape index (κ2) is 4.35. The van der Waals surface area contributed by atoms with E-state index in [0.29, 0.717) is 12.1 Å². The van der Waals surface area contributed by atoms with Crippen molar-refractivity contribution in [3.8, 4) is 0 Å². The van der Waals surface area contributed by atoms with E-state index in [9.17, 15) is 4.79 Å². The standard InChI is InChI=1S/C12H14BrNO/c13-10-7-9(4-5-11(10)14)12(15)6-3-8-1-2-8/h4-5,7-8H,1-3,6,14H2. The van der Waals surface area contributed by atoms with Crippen molar-refractivity contribution < 1.29 is 4.79 Å². The van der Waals surface area contributed by atoms with Gasteiger partial charge in [0.05, 0.1) is 0 Å². The van der Waals surface area contributed by atoms with Crippen molar-refractivity contribution in [1.82, 2.24) is 0 Å². The summed E-state index contributed by atoms with van der Waals surface area (Å²) in [6.45, 7) is 0. The van der Waals surface area contributed by atoms with Crippen LogP contribution in [0.3, 0.4) is 0 Å². The monoisotopic (exact) mass is 267 g/mol. The highest BCUT2D eigenvalue weighted by atomic mass is 79.9. The van der Waals surface area contributed by atoms with Crippen molar-refractivity contribution >= 4 is 27.4 Å². The highest BCUT2D eigenvalue weighted by Crippen LogP contribution is 2.34. The summed E-state index contributed by atoms with van der Waals surface area (Å²) in [5.41, 5.74) is 7.10. The van der Waals surface area contributed by atoms with Gasteiger partial charge in [0.1, 0.15) is 0 Å². The van der Waals surface area contributed by atoms with Crippen LogP contribution in [0.4, 0.5) is 5.69 Å². The van der Waals surface area contributed by atoms with Gasteiger partial charge in [-0.2, -0.15) is 0 Å². The molecular weight excluding hydrogens is 254 g/mol. The average Bonchev–Trinajstić information content (AvgIpc) is 3.02. The van der Waals surface area contributed by atoms with E-state index in [4.69, 9.17) is 5.73 Å². The Labute approximate surface area is 98.0 Å². The topological polar surface area (TPSA) is 43.1 Å². The third-order valence-electron chi connectivity index (χ3n) is 2.80. The predicted octanol–water partition coefficient (Wildman–Crippen LogP) is 3.40. The second-order valence-electron chi connectivity index (χ2n) is 4.14. The number of hydrogen-bond acceptors (Lipinski definition) is 2. The molecule has 1 fully saturated rings. The molecule has 0 unspecified atom stereocenters. The van der Waals surface area contributed by atoms with Gasteiger partial charge in [-0.25, -0.2) is 0 Å². The summed E-state index contributed by atoms with van der Waals surface area (Å²) in [4.78, 5) is 11.8. The molecule has 0 aromatic heterocycles. The minimum atomic E-state index is 0.225. The Morgan fingerprint density at radius 3 is 2.80 bits per heavy atom. The Morgan fingerprint density at radius 1 is 1.47 bits per heavy atom. The van der Waals surface area contributed by atoms with Gasteiger partial charge in [-0.3, -0.25) is 4.79 Å². The lowest BCUT2D eigenvalue weighted by Crippen LogP contribution is -2.00. The van der Waals surface area contributed by atoms with Gasteiger partial charge in [-0.1, -0.05) is 12.8 Å². The largest absolute Gasteiger partial charge is 0.398 e. The summed E-state index contributed by atoms with van der Waals surface area (Å²) < 4.78 is 0.805. The third-order valence-corrected chi connectivity index (χ3v) is 3.49. The van der Waals surface area contributed by atoms with E-state index in [1.807, 2.05) is 6.07 Å². The number of carbonyl (C=O) groups is 1. The molecule has 1 aliphatic rings. The smallest absolute Gasteiger partial charge is 0.162 e. The molecule has 3 heteroatoms. The van der Waals surface area contributed by atoms with Crippen LogP contribution >= 0.6 is 15.9 Å². The molecule has 0 amide bonds. The molecule has 0 radical (unpaired) electrons. The molecule has 0 heterocycles. The SMILES string of the molecule is Nc1ccc(C(=O)CCC2CC2)cc1Br. The van der Waals surface area contributed by atoms with E-state index < -0.39 is 0 Å². The fourth-order valence-electron chi connectivity index (χ4n) is 1.59. The number of hydrogen-bond donors (Lipinski definition) is 1. The van der Waals surface area contributed by atoms with Crippen LogP contribution in [0, 0.1) is 5.92 Å². The number of halogens is 1. The van der Waals surface area contributed by atoms with Crippen LogP contribution in [0.5, 0.6) is 0 Å². The van der Waals surface area contributed by atoms with Crippen molar-refractivity contribution in [2.24, 2.45) is 5.92 Å². The van der Waals surface area contributed by atoms with Crippen LogP contribution in [0.1, 0.15) is 36.0 Å². The molecule has 0 atom stereocenters. The highest BCUT2D eigenvalue weighted by molar-refractivity contribution is 9.10. The van der Waals surface area contributed by atoms with E-state index in [-0.39, 0.29) is 5.78 Å². The van der Waals surface area contributed by atoms with Gasteiger partial charge in [0, 0.05) is 22.1 Å². The Bertz CT molecular complexity index is 385. The lowest BCUT2D eigenvalue weighted by atomic mass is 10.0. The predicted molar refractivity (Wildman–Crippen MR) is 64.8 cm³/mol. The quantitative estimate of drug-likeness (QED) is 0.671. The van der Waals surface area contributed by atoms with Crippen LogP contribution in [0.2, 0.25) is 0 Å². The molecule has 2 rings (SSSR count). The molecule has 0 aliphatic heterocycles. The van der Waals surface area contributed by atoms with E-state index >= 15 is 0 Å². The number of nitrogen functional groups attached to an aromatic ring is 1. The van der Waals surface area contributed by atoms with Crippen LogP contribution in [0.15, 0.2) is 22.7 Å². The minimum Gasteiger partial charge on any atom is -0.398 e. The van der Waals surface area contributed by atoms with Crippen LogP contribution < -0.4 is 5.73 Å². The third kappa shape index (κ3) is 2.81. The van der Waals surface area contributed by atoms with Gasteiger partial charge >= 0.3 is 0 Å². The minimum absolute atomic E-state index is 0.225. The van der Waals surface area contributed by atoms with E-state index in [0.717, 1.165) is 22.4 Å². The number of rotatable bonds is 4. The van der Waals surface area contributed by atoms with Gasteiger partial charge in [0.15, 0.2) is 5.78 Å². The first kappa shape index (κ1) is 10.7. The van der Waals surface area contributed by atoms with Crippen molar-refractivity contribution in [2.45, 2.75) is 25.7 Å². The molecule has 2 N–H and O–H groups in total.